The third-order valence-corrected chi connectivity index (χ3v) is 7.10. The van der Waals surface area contributed by atoms with Crippen LogP contribution in [0, 0.1) is 0 Å². The predicted molar refractivity (Wildman–Crippen MR) is 150 cm³/mol. The van der Waals surface area contributed by atoms with Crippen LogP contribution in [0.1, 0.15) is 23.2 Å². The predicted octanol–water partition coefficient (Wildman–Crippen LogP) is 5.21. The molecule has 1 aliphatic rings. The van der Waals surface area contributed by atoms with Crippen molar-refractivity contribution in [1.82, 2.24) is 24.8 Å². The summed E-state index contributed by atoms with van der Waals surface area (Å²) in [6, 6.07) is 13.2. The summed E-state index contributed by atoms with van der Waals surface area (Å²) < 4.78 is 18.4. The Bertz CT molecular complexity index is 1620. The van der Waals surface area contributed by atoms with Gasteiger partial charge >= 0.3 is 0 Å². The highest BCUT2D eigenvalue weighted by molar-refractivity contribution is 7.08. The first-order valence-electron chi connectivity index (χ1n) is 12.3. The molecule has 39 heavy (non-hydrogen) atoms. The van der Waals surface area contributed by atoms with Crippen LogP contribution in [0.4, 0.5) is 11.5 Å². The smallest absolute Gasteiger partial charge is 0.251 e. The molecule has 0 spiro atoms. The lowest BCUT2D eigenvalue weighted by atomic mass is 10.1. The molecule has 0 bridgehead atoms. The van der Waals surface area contributed by atoms with Gasteiger partial charge in [0.25, 0.3) is 5.91 Å². The van der Waals surface area contributed by atoms with E-state index < -0.39 is 0 Å². The quantitative estimate of drug-likeness (QED) is 0.261. The summed E-state index contributed by atoms with van der Waals surface area (Å²) in [5.74, 6) is 2.44. The molecule has 1 aliphatic carbocycles. The molecule has 3 heterocycles. The molecular weight excluding hydrogens is 516 g/mol. The van der Waals surface area contributed by atoms with E-state index in [1.165, 1.54) is 0 Å². The van der Waals surface area contributed by atoms with Crippen LogP contribution in [0.2, 0.25) is 0 Å². The Kier molecular flexibility index (Phi) is 6.49. The molecule has 0 radical (unpaired) electrons. The van der Waals surface area contributed by atoms with Gasteiger partial charge in [0.15, 0.2) is 34.3 Å². The van der Waals surface area contributed by atoms with Crippen molar-refractivity contribution in [1.29, 1.82) is 0 Å². The monoisotopic (exact) mass is 542 g/mol. The number of methoxy groups -OCH3 is 3. The minimum atomic E-state index is -0.0688. The van der Waals surface area contributed by atoms with Gasteiger partial charge in [-0.15, -0.1) is 0 Å². The third kappa shape index (κ3) is 4.84. The maximum absolute atomic E-state index is 12.5. The van der Waals surface area contributed by atoms with Crippen molar-refractivity contribution in [3.8, 4) is 34.3 Å². The number of imidazole rings is 1. The molecule has 1 amide bonds. The van der Waals surface area contributed by atoms with Gasteiger partial charge in [-0.2, -0.15) is 11.3 Å². The van der Waals surface area contributed by atoms with Gasteiger partial charge in [-0.1, -0.05) is 12.1 Å². The zero-order valence-corrected chi connectivity index (χ0v) is 22.4. The Morgan fingerprint density at radius 2 is 1.74 bits per heavy atom. The van der Waals surface area contributed by atoms with E-state index in [4.69, 9.17) is 24.2 Å². The largest absolute Gasteiger partial charge is 0.493 e. The Labute approximate surface area is 228 Å². The third-order valence-electron chi connectivity index (χ3n) is 6.43. The maximum Gasteiger partial charge on any atom is 0.251 e. The van der Waals surface area contributed by atoms with Crippen molar-refractivity contribution in [3.63, 3.8) is 0 Å². The van der Waals surface area contributed by atoms with Gasteiger partial charge in [-0.05, 0) is 36.4 Å². The highest BCUT2D eigenvalue weighted by Gasteiger charge is 2.24. The van der Waals surface area contributed by atoms with Crippen molar-refractivity contribution in [2.75, 3.05) is 26.6 Å². The summed E-state index contributed by atoms with van der Waals surface area (Å²) >= 11 is 1.59. The SMILES string of the molecule is COc1cc(Nc2nc(-c3ccc(C(=O)NC4CC4)cc3)nc3c2ncn3-c2ccsc2)cc(OC)c1OC. The summed E-state index contributed by atoms with van der Waals surface area (Å²) in [6.07, 6.45) is 3.81. The van der Waals surface area contributed by atoms with Crippen LogP contribution in [-0.4, -0.2) is 52.8 Å². The van der Waals surface area contributed by atoms with E-state index in [1.807, 2.05) is 33.5 Å². The summed E-state index contributed by atoms with van der Waals surface area (Å²) in [4.78, 5) is 26.8. The molecule has 5 aromatic rings. The number of benzene rings is 2. The lowest BCUT2D eigenvalue weighted by Gasteiger charge is -2.15. The number of hydrogen-bond acceptors (Lipinski definition) is 9. The number of thiophene rings is 1. The molecular formula is C28H26N6O4S. The number of amides is 1. The molecule has 1 saturated carbocycles. The minimum absolute atomic E-state index is 0.0688. The fraction of sp³-hybridized carbons (Fsp3) is 0.214. The Balaban J connectivity index is 1.43. The average Bonchev–Trinajstić information content (AvgIpc) is 3.42. The zero-order valence-electron chi connectivity index (χ0n) is 21.6. The van der Waals surface area contributed by atoms with Gasteiger partial charge in [0.2, 0.25) is 5.75 Å². The number of hydrogen-bond donors (Lipinski definition) is 2. The van der Waals surface area contributed by atoms with Crippen molar-refractivity contribution in [2.45, 2.75) is 18.9 Å². The second-order valence-corrected chi connectivity index (χ2v) is 9.81. The molecule has 0 saturated heterocycles. The van der Waals surface area contributed by atoms with E-state index in [0.29, 0.717) is 57.3 Å². The minimum Gasteiger partial charge on any atom is -0.493 e. The number of fused-ring (bicyclic) bond motifs is 1. The Morgan fingerprint density at radius 3 is 2.36 bits per heavy atom. The molecule has 10 nitrogen and oxygen atoms in total. The van der Waals surface area contributed by atoms with E-state index in [-0.39, 0.29) is 5.91 Å². The number of carbonyl (C=O) groups is 1. The molecule has 11 heteroatoms. The molecule has 0 unspecified atom stereocenters. The lowest BCUT2D eigenvalue weighted by Crippen LogP contribution is -2.25. The first-order valence-corrected chi connectivity index (χ1v) is 13.3. The standard InChI is InChI=1S/C28H26N6O4S/c1-36-21-12-19(13-22(37-2)24(21)38-3)30-26-23-27(34(15-29-23)20-10-11-39-14-20)33-25(32-26)16-4-6-17(7-5-16)28(35)31-18-8-9-18/h4-7,10-15,18H,8-9H2,1-3H3,(H,31,35)(H,30,32,33). The fourth-order valence-corrected chi connectivity index (χ4v) is 4.88. The van der Waals surface area contributed by atoms with Crippen molar-refractivity contribution in [2.24, 2.45) is 0 Å². The van der Waals surface area contributed by atoms with Gasteiger partial charge in [-0.25, -0.2) is 15.0 Å². The van der Waals surface area contributed by atoms with Crippen LogP contribution < -0.4 is 24.8 Å². The number of nitrogens with zero attached hydrogens (tertiary/aromatic N) is 4. The molecule has 1 fully saturated rings. The average molecular weight is 543 g/mol. The van der Waals surface area contributed by atoms with Crippen LogP contribution in [0.5, 0.6) is 17.2 Å². The van der Waals surface area contributed by atoms with E-state index in [2.05, 4.69) is 15.6 Å². The van der Waals surface area contributed by atoms with E-state index in [0.717, 1.165) is 24.1 Å². The van der Waals surface area contributed by atoms with Gasteiger partial charge in [0.05, 0.1) is 27.0 Å². The topological polar surface area (TPSA) is 112 Å². The van der Waals surface area contributed by atoms with Crippen molar-refractivity contribution >= 4 is 39.9 Å². The van der Waals surface area contributed by atoms with Gasteiger partial charge in [0, 0.05) is 40.4 Å². The summed E-state index contributed by atoms with van der Waals surface area (Å²) in [5, 5.41) is 10.4. The maximum atomic E-state index is 12.5. The van der Waals surface area contributed by atoms with Crippen LogP contribution in [-0.2, 0) is 0 Å². The molecule has 6 rings (SSSR count). The summed E-state index contributed by atoms with van der Waals surface area (Å²) in [7, 11) is 4.70. The molecule has 198 valence electrons. The molecule has 0 atom stereocenters. The van der Waals surface area contributed by atoms with Gasteiger partial charge in [0.1, 0.15) is 6.33 Å². The highest BCUT2D eigenvalue weighted by Crippen LogP contribution is 2.41. The highest BCUT2D eigenvalue weighted by atomic mass is 32.1. The van der Waals surface area contributed by atoms with Crippen LogP contribution >= 0.6 is 11.3 Å². The normalized spacial score (nSPS) is 12.8. The summed E-state index contributed by atoms with van der Waals surface area (Å²) in [6.45, 7) is 0. The first-order chi connectivity index (χ1) is 19.1. The van der Waals surface area contributed by atoms with Crippen LogP contribution in [0.15, 0.2) is 59.6 Å². The molecule has 3 aromatic heterocycles. The molecule has 0 aliphatic heterocycles. The fourth-order valence-electron chi connectivity index (χ4n) is 4.26. The van der Waals surface area contributed by atoms with Gasteiger partial charge in [-0.3, -0.25) is 9.36 Å². The Hall–Kier alpha value is -4.64. The number of ether oxygens (including phenoxy) is 3. The number of anilines is 2. The lowest BCUT2D eigenvalue weighted by molar-refractivity contribution is 0.0951. The van der Waals surface area contributed by atoms with Crippen LogP contribution in [0.25, 0.3) is 28.2 Å². The van der Waals surface area contributed by atoms with Crippen molar-refractivity contribution in [3.05, 3.63) is 65.1 Å². The number of nitrogens with one attached hydrogen (secondary N) is 2. The van der Waals surface area contributed by atoms with E-state index in [9.17, 15) is 4.79 Å². The molecule has 2 N–H and O–H groups in total. The van der Waals surface area contributed by atoms with E-state index >= 15 is 0 Å². The number of aromatic nitrogens is 4. The second-order valence-electron chi connectivity index (χ2n) is 9.03. The summed E-state index contributed by atoms with van der Waals surface area (Å²) in [5.41, 5.74) is 4.24. The van der Waals surface area contributed by atoms with Crippen molar-refractivity contribution < 1.29 is 19.0 Å². The number of carbonyl (C=O) groups excluding carboxylic acids is 1. The van der Waals surface area contributed by atoms with Crippen LogP contribution in [0.3, 0.4) is 0 Å². The molecule has 2 aromatic carbocycles. The number of rotatable bonds is 9. The Morgan fingerprint density at radius 1 is 1.00 bits per heavy atom. The van der Waals surface area contributed by atoms with E-state index in [1.54, 1.807) is 63.3 Å². The second kappa shape index (κ2) is 10.3. The zero-order chi connectivity index (χ0) is 26.9. The van der Waals surface area contributed by atoms with Gasteiger partial charge < -0.3 is 24.8 Å². The first kappa shape index (κ1) is 24.7.